The summed E-state index contributed by atoms with van der Waals surface area (Å²) >= 11 is 0. The first-order valence-electron chi connectivity index (χ1n) is 10.9. The van der Waals surface area contributed by atoms with Crippen LogP contribution in [0.5, 0.6) is 0 Å². The lowest BCUT2D eigenvalue weighted by molar-refractivity contribution is 0.0925. The molecule has 7 heteroatoms. The molecular weight excluding hydrogens is 428 g/mol. The molecule has 5 rings (SSSR count). The van der Waals surface area contributed by atoms with Crippen molar-refractivity contribution in [1.82, 2.24) is 9.78 Å². The van der Waals surface area contributed by atoms with E-state index in [1.165, 1.54) is 11.0 Å². The summed E-state index contributed by atoms with van der Waals surface area (Å²) in [5.74, 6) is -1.17. The van der Waals surface area contributed by atoms with Crippen LogP contribution in [0.25, 0.3) is 0 Å². The maximum Gasteiger partial charge on any atom is 0.266 e. The molecule has 3 amide bonds. The van der Waals surface area contributed by atoms with E-state index in [-0.39, 0.29) is 17.4 Å². The summed E-state index contributed by atoms with van der Waals surface area (Å²) in [5.41, 5.74) is 4.79. The molecule has 0 saturated carbocycles. The van der Waals surface area contributed by atoms with Crippen molar-refractivity contribution in [3.63, 3.8) is 0 Å². The Kier molecular flexibility index (Phi) is 5.30. The number of imide groups is 1. The molecule has 0 saturated heterocycles. The fourth-order valence-electron chi connectivity index (χ4n) is 4.09. The second kappa shape index (κ2) is 8.44. The minimum Gasteiger partial charge on any atom is -0.322 e. The van der Waals surface area contributed by atoms with Gasteiger partial charge in [-0.3, -0.25) is 19.1 Å². The van der Waals surface area contributed by atoms with Crippen LogP contribution in [0, 0.1) is 13.8 Å². The lowest BCUT2D eigenvalue weighted by Crippen LogP contribution is -2.30. The topological polar surface area (TPSA) is 84.3 Å². The van der Waals surface area contributed by atoms with Gasteiger partial charge >= 0.3 is 0 Å². The number of carbonyl (C=O) groups excluding carboxylic acids is 3. The Balaban J connectivity index is 1.38. The Morgan fingerprint density at radius 3 is 2.53 bits per heavy atom. The fraction of sp³-hybridized carbons (Fsp3) is 0.111. The summed E-state index contributed by atoms with van der Waals surface area (Å²) in [5, 5.41) is 7.08. The normalized spacial score (nSPS) is 12.7. The molecule has 0 atom stereocenters. The molecule has 0 aliphatic carbocycles. The van der Waals surface area contributed by atoms with E-state index in [2.05, 4.69) is 10.4 Å². The van der Waals surface area contributed by atoms with Crippen LogP contribution in [0.15, 0.2) is 79.1 Å². The third-order valence-corrected chi connectivity index (χ3v) is 5.84. The van der Waals surface area contributed by atoms with Crippen LogP contribution in [0.4, 0.5) is 11.4 Å². The molecule has 168 valence electrons. The smallest absolute Gasteiger partial charge is 0.266 e. The summed E-state index contributed by atoms with van der Waals surface area (Å²) in [4.78, 5) is 40.3. The number of aromatic nitrogens is 2. The van der Waals surface area contributed by atoms with Gasteiger partial charge in [-0.1, -0.05) is 24.3 Å². The molecule has 0 unspecified atom stereocenters. The minimum atomic E-state index is -0.426. The zero-order valence-corrected chi connectivity index (χ0v) is 18.8. The Morgan fingerprint density at radius 1 is 0.912 bits per heavy atom. The van der Waals surface area contributed by atoms with Gasteiger partial charge in [-0.15, -0.1) is 0 Å². The average molecular weight is 450 g/mol. The Hall–Kier alpha value is -4.52. The zero-order valence-electron chi connectivity index (χ0n) is 18.8. The van der Waals surface area contributed by atoms with Crippen molar-refractivity contribution in [3.8, 4) is 0 Å². The van der Waals surface area contributed by atoms with Crippen molar-refractivity contribution in [3.05, 3.63) is 113 Å². The molecule has 1 aliphatic heterocycles. The predicted molar refractivity (Wildman–Crippen MR) is 129 cm³/mol. The van der Waals surface area contributed by atoms with Gasteiger partial charge in [-0.25, -0.2) is 4.90 Å². The first-order valence-corrected chi connectivity index (χ1v) is 10.9. The molecule has 34 heavy (non-hydrogen) atoms. The summed E-state index contributed by atoms with van der Waals surface area (Å²) in [7, 11) is 0. The minimum absolute atomic E-state index is 0.228. The number of amides is 3. The summed E-state index contributed by atoms with van der Waals surface area (Å²) in [6.45, 7) is 4.35. The van der Waals surface area contributed by atoms with Crippen LogP contribution in [0.3, 0.4) is 0 Å². The quantitative estimate of drug-likeness (QED) is 0.451. The van der Waals surface area contributed by atoms with E-state index in [1.807, 2.05) is 62.5 Å². The van der Waals surface area contributed by atoms with Gasteiger partial charge in [0.05, 0.1) is 23.4 Å². The van der Waals surface area contributed by atoms with E-state index in [1.54, 1.807) is 29.1 Å². The lowest BCUT2D eigenvalue weighted by atomic mass is 10.1. The van der Waals surface area contributed by atoms with Crippen LogP contribution in [-0.4, -0.2) is 27.5 Å². The molecule has 7 nitrogen and oxygen atoms in total. The van der Waals surface area contributed by atoms with Gasteiger partial charge in [0, 0.05) is 23.6 Å². The number of carbonyl (C=O) groups is 3. The van der Waals surface area contributed by atoms with Crippen LogP contribution in [-0.2, 0) is 6.54 Å². The highest BCUT2D eigenvalue weighted by atomic mass is 16.2. The molecule has 3 aromatic carbocycles. The molecule has 1 N–H and O–H groups in total. The van der Waals surface area contributed by atoms with Gasteiger partial charge in [0.2, 0.25) is 0 Å². The first-order chi connectivity index (χ1) is 16.4. The van der Waals surface area contributed by atoms with Crippen LogP contribution < -0.4 is 10.2 Å². The molecule has 0 spiro atoms. The van der Waals surface area contributed by atoms with Gasteiger partial charge in [0.25, 0.3) is 17.7 Å². The molecule has 1 aliphatic rings. The van der Waals surface area contributed by atoms with Gasteiger partial charge in [0.1, 0.15) is 0 Å². The summed E-state index contributed by atoms with van der Waals surface area (Å²) in [6, 6.07) is 19.6. The number of nitrogens with one attached hydrogen (secondary N) is 1. The molecule has 0 bridgehead atoms. The maximum absolute atomic E-state index is 13.2. The van der Waals surface area contributed by atoms with Crippen molar-refractivity contribution in [1.29, 1.82) is 0 Å². The second-order valence-corrected chi connectivity index (χ2v) is 8.35. The number of anilines is 2. The average Bonchev–Trinajstić information content (AvgIpc) is 3.42. The Morgan fingerprint density at radius 2 is 1.74 bits per heavy atom. The van der Waals surface area contributed by atoms with Crippen molar-refractivity contribution >= 4 is 29.1 Å². The van der Waals surface area contributed by atoms with Crippen molar-refractivity contribution in [2.45, 2.75) is 20.4 Å². The van der Waals surface area contributed by atoms with Crippen LogP contribution >= 0.6 is 0 Å². The lowest BCUT2D eigenvalue weighted by Gasteiger charge is -2.17. The van der Waals surface area contributed by atoms with Crippen LogP contribution in [0.2, 0.25) is 0 Å². The molecule has 0 radical (unpaired) electrons. The SMILES string of the molecule is Cc1ccc(C)c(N2C(=O)c3ccc(C(=O)Nc4cccc(Cn5cccn5)c4)cc3C2=O)c1. The fourth-order valence-corrected chi connectivity index (χ4v) is 4.09. The molecule has 2 heterocycles. The van der Waals surface area contributed by atoms with E-state index in [4.69, 9.17) is 0 Å². The third kappa shape index (κ3) is 3.88. The number of hydrogen-bond donors (Lipinski definition) is 1. The van der Waals surface area contributed by atoms with Crippen molar-refractivity contribution in [2.75, 3.05) is 10.2 Å². The highest BCUT2D eigenvalue weighted by Gasteiger charge is 2.37. The highest BCUT2D eigenvalue weighted by Crippen LogP contribution is 2.32. The monoisotopic (exact) mass is 450 g/mol. The van der Waals surface area contributed by atoms with E-state index in [0.717, 1.165) is 16.7 Å². The van der Waals surface area contributed by atoms with Gasteiger partial charge in [0.15, 0.2) is 0 Å². The van der Waals surface area contributed by atoms with Gasteiger partial charge in [-0.2, -0.15) is 5.10 Å². The van der Waals surface area contributed by atoms with Gasteiger partial charge < -0.3 is 5.32 Å². The summed E-state index contributed by atoms with van der Waals surface area (Å²) < 4.78 is 1.80. The summed E-state index contributed by atoms with van der Waals surface area (Å²) in [6.07, 6.45) is 3.59. The number of benzene rings is 3. The van der Waals surface area contributed by atoms with E-state index in [0.29, 0.717) is 29.0 Å². The number of hydrogen-bond acceptors (Lipinski definition) is 4. The van der Waals surface area contributed by atoms with Crippen molar-refractivity contribution in [2.24, 2.45) is 0 Å². The standard InChI is InChI=1S/C27H22N4O3/c1-17-7-8-18(2)24(13-17)31-26(33)22-10-9-20(15-23(22)27(31)34)25(32)29-21-6-3-5-19(14-21)16-30-12-4-11-28-30/h3-15H,16H2,1-2H3,(H,29,32). The van der Waals surface area contributed by atoms with E-state index >= 15 is 0 Å². The number of aryl methyl sites for hydroxylation is 2. The first kappa shape index (κ1) is 21.3. The second-order valence-electron chi connectivity index (χ2n) is 8.35. The predicted octanol–water partition coefficient (Wildman–Crippen LogP) is 4.60. The number of rotatable bonds is 5. The van der Waals surface area contributed by atoms with Gasteiger partial charge in [-0.05, 0) is 73.0 Å². The number of fused-ring (bicyclic) bond motifs is 1. The van der Waals surface area contributed by atoms with Crippen molar-refractivity contribution < 1.29 is 14.4 Å². The molecular formula is C27H22N4O3. The molecule has 1 aromatic heterocycles. The van der Waals surface area contributed by atoms with E-state index < -0.39 is 5.91 Å². The molecule has 0 fully saturated rings. The third-order valence-electron chi connectivity index (χ3n) is 5.84. The van der Waals surface area contributed by atoms with Crippen LogP contribution in [0.1, 0.15) is 47.8 Å². The molecule has 4 aromatic rings. The highest BCUT2D eigenvalue weighted by molar-refractivity contribution is 6.35. The Labute approximate surface area is 196 Å². The largest absolute Gasteiger partial charge is 0.322 e. The maximum atomic E-state index is 13.2. The Bertz CT molecular complexity index is 1440. The van der Waals surface area contributed by atoms with E-state index in [9.17, 15) is 14.4 Å². The number of nitrogens with zero attached hydrogens (tertiary/aromatic N) is 3. The zero-order chi connectivity index (χ0) is 23.8.